The number of thiazole rings is 1. The lowest BCUT2D eigenvalue weighted by Crippen LogP contribution is -2.37. The molecule has 1 amide bonds. The van der Waals surface area contributed by atoms with E-state index in [1.807, 2.05) is 11.4 Å². The molecule has 0 bridgehead atoms. The van der Waals surface area contributed by atoms with Crippen LogP contribution in [0.5, 0.6) is 5.88 Å². The normalized spacial score (nSPS) is 14.3. The van der Waals surface area contributed by atoms with Crippen LogP contribution in [0.4, 0.5) is 10.1 Å². The smallest absolute Gasteiger partial charge is 0.257 e. The summed E-state index contributed by atoms with van der Waals surface area (Å²) in [5.74, 6) is 1.33. The molecule has 30 heavy (non-hydrogen) atoms. The van der Waals surface area contributed by atoms with E-state index in [-0.39, 0.29) is 18.3 Å². The molecule has 1 N–H and O–H groups in total. The van der Waals surface area contributed by atoms with Crippen molar-refractivity contribution in [2.24, 2.45) is 0 Å². The Morgan fingerprint density at radius 1 is 1.33 bits per heavy atom. The summed E-state index contributed by atoms with van der Waals surface area (Å²) < 4.78 is 16.8. The Bertz CT molecular complexity index is 1060. The van der Waals surface area contributed by atoms with E-state index in [0.717, 1.165) is 15.6 Å². The van der Waals surface area contributed by atoms with Crippen molar-refractivity contribution in [2.45, 2.75) is 0 Å². The molecule has 160 valence electrons. The van der Waals surface area contributed by atoms with Gasteiger partial charge in [0.25, 0.3) is 5.91 Å². The number of thiophene rings is 1. The first-order valence-corrected chi connectivity index (χ1v) is 12.3. The van der Waals surface area contributed by atoms with Crippen LogP contribution in [0, 0.1) is 0 Å². The molecule has 1 fully saturated rings. The number of carbonyl (C=O) groups excluding carboxylic acids is 1. The van der Waals surface area contributed by atoms with Crippen LogP contribution < -0.4 is 15.0 Å². The van der Waals surface area contributed by atoms with Crippen LogP contribution in [0.25, 0.3) is 10.6 Å². The van der Waals surface area contributed by atoms with Gasteiger partial charge in [-0.1, -0.05) is 22.9 Å². The summed E-state index contributed by atoms with van der Waals surface area (Å²) >= 11 is 9.02. The van der Waals surface area contributed by atoms with E-state index in [1.54, 1.807) is 12.1 Å². The fraction of sp³-hybridized carbons (Fsp3) is 0.278. The molecule has 4 heterocycles. The largest absolute Gasteiger partial charge is 0.481 e. The number of amides is 1. The minimum Gasteiger partial charge on any atom is -0.481 e. The molecule has 0 aromatic carbocycles. The Balaban J connectivity index is 0.00000256. The van der Waals surface area contributed by atoms with Crippen molar-refractivity contribution in [3.63, 3.8) is 0 Å². The number of anilines is 2. The molecule has 0 aliphatic carbocycles. The predicted octanol–water partition coefficient (Wildman–Crippen LogP) is 4.17. The van der Waals surface area contributed by atoms with E-state index < -0.39 is 10.8 Å². The second kappa shape index (κ2) is 10.1. The maximum atomic E-state index is 12.7. The number of carbonyl (C=O) groups is 1. The molecule has 1 saturated heterocycles. The molecule has 1 aliphatic rings. The average molecular weight is 505 g/mol. The highest BCUT2D eigenvalue weighted by Crippen LogP contribution is 2.42. The summed E-state index contributed by atoms with van der Waals surface area (Å²) in [7, 11) is 0.726. The van der Waals surface area contributed by atoms with Crippen molar-refractivity contribution < 1.29 is 13.7 Å². The Labute approximate surface area is 195 Å². The molecule has 0 saturated carbocycles. The summed E-state index contributed by atoms with van der Waals surface area (Å²) in [5.41, 5.74) is 1.21. The monoisotopic (exact) mass is 504 g/mol. The van der Waals surface area contributed by atoms with Gasteiger partial charge in [0, 0.05) is 58.6 Å². The third-order valence-corrected chi connectivity index (χ3v) is 7.89. The highest BCUT2D eigenvalue weighted by molar-refractivity contribution is 7.85. The number of aromatic nitrogens is 2. The van der Waals surface area contributed by atoms with Gasteiger partial charge in [-0.25, -0.2) is 9.97 Å². The van der Waals surface area contributed by atoms with Gasteiger partial charge in [0.05, 0.1) is 17.0 Å². The molecular weight excluding hydrogens is 487 g/mol. The standard InChI is InChI=1S/C18H17ClN4O3S3.ClH/c1-26-14-8-11(2-3-20-14)16(24)22-18-21-15(13-9-12(19)10-27-13)17(28-18)23-4-6-29(25)7-5-23;/h2-3,8-10H,4-7H2,1H3,(H,21,22,24);1H. The van der Waals surface area contributed by atoms with Crippen molar-refractivity contribution in [3.8, 4) is 16.5 Å². The number of hydrogen-bond donors (Lipinski definition) is 1. The highest BCUT2D eigenvalue weighted by Gasteiger charge is 2.24. The third-order valence-electron chi connectivity index (χ3n) is 4.30. The zero-order chi connectivity index (χ0) is 20.4. The van der Waals surface area contributed by atoms with E-state index in [1.165, 1.54) is 36.0 Å². The molecule has 12 heteroatoms. The topological polar surface area (TPSA) is 84.4 Å². The van der Waals surface area contributed by atoms with Crippen LogP contribution in [0.1, 0.15) is 10.4 Å². The second-order valence-corrected chi connectivity index (χ2v) is 10.2. The fourth-order valence-corrected chi connectivity index (χ4v) is 6.06. The third kappa shape index (κ3) is 5.12. The first-order valence-electron chi connectivity index (χ1n) is 8.70. The van der Waals surface area contributed by atoms with Gasteiger partial charge >= 0.3 is 0 Å². The summed E-state index contributed by atoms with van der Waals surface area (Å²) in [5, 5.41) is 6.81. The van der Waals surface area contributed by atoms with E-state index in [4.69, 9.17) is 16.3 Å². The molecule has 0 unspecified atom stereocenters. The molecule has 0 radical (unpaired) electrons. The minimum absolute atomic E-state index is 0. The van der Waals surface area contributed by atoms with Gasteiger partial charge in [-0.15, -0.1) is 23.7 Å². The number of nitrogens with zero attached hydrogens (tertiary/aromatic N) is 3. The summed E-state index contributed by atoms with van der Waals surface area (Å²) in [6.45, 7) is 1.38. The van der Waals surface area contributed by atoms with Crippen LogP contribution in [-0.2, 0) is 10.8 Å². The van der Waals surface area contributed by atoms with Gasteiger partial charge in [0.15, 0.2) is 5.13 Å². The maximum absolute atomic E-state index is 12.7. The van der Waals surface area contributed by atoms with Gasteiger partial charge in [-0.05, 0) is 12.1 Å². The molecule has 0 atom stereocenters. The Hall–Kier alpha value is -1.72. The van der Waals surface area contributed by atoms with Gasteiger partial charge in [0.1, 0.15) is 10.7 Å². The summed E-state index contributed by atoms with van der Waals surface area (Å²) in [6.07, 6.45) is 1.52. The molecular formula is C18H18Cl2N4O3S3. The Kier molecular flexibility index (Phi) is 7.70. The summed E-state index contributed by atoms with van der Waals surface area (Å²) in [4.78, 5) is 24.5. The molecule has 4 rings (SSSR count). The van der Waals surface area contributed by atoms with Crippen molar-refractivity contribution in [2.75, 3.05) is 41.9 Å². The lowest BCUT2D eigenvalue weighted by molar-refractivity contribution is 0.102. The van der Waals surface area contributed by atoms with Crippen LogP contribution in [0.3, 0.4) is 0 Å². The number of ether oxygens (including phenoxy) is 1. The van der Waals surface area contributed by atoms with Crippen LogP contribution in [-0.4, -0.2) is 51.8 Å². The highest BCUT2D eigenvalue weighted by atomic mass is 35.5. The lowest BCUT2D eigenvalue weighted by atomic mass is 10.2. The lowest BCUT2D eigenvalue weighted by Gasteiger charge is -2.27. The average Bonchev–Trinajstić information content (AvgIpc) is 3.34. The quantitative estimate of drug-likeness (QED) is 0.561. The molecule has 1 aliphatic heterocycles. The number of methoxy groups -OCH3 is 1. The van der Waals surface area contributed by atoms with Gasteiger partial charge in [0.2, 0.25) is 5.88 Å². The SMILES string of the molecule is COc1cc(C(=O)Nc2nc(-c3cc(Cl)cs3)c(N3CCS(=O)CC3)s2)ccn1.Cl. The molecule has 3 aromatic rings. The van der Waals surface area contributed by atoms with E-state index in [0.29, 0.717) is 46.2 Å². The number of halogens is 2. The number of nitrogens with one attached hydrogen (secondary N) is 1. The maximum Gasteiger partial charge on any atom is 0.257 e. The Morgan fingerprint density at radius 3 is 2.77 bits per heavy atom. The molecule has 3 aromatic heterocycles. The number of hydrogen-bond acceptors (Lipinski definition) is 8. The van der Waals surface area contributed by atoms with Crippen LogP contribution >= 0.6 is 46.7 Å². The first-order chi connectivity index (χ1) is 14.0. The summed E-state index contributed by atoms with van der Waals surface area (Å²) in [6, 6.07) is 5.06. The van der Waals surface area contributed by atoms with E-state index in [9.17, 15) is 9.00 Å². The number of pyridine rings is 1. The van der Waals surface area contributed by atoms with E-state index in [2.05, 4.69) is 20.2 Å². The predicted molar refractivity (Wildman–Crippen MR) is 127 cm³/mol. The van der Waals surface area contributed by atoms with Crippen molar-refractivity contribution in [1.82, 2.24) is 9.97 Å². The van der Waals surface area contributed by atoms with Crippen molar-refractivity contribution >= 4 is 73.5 Å². The molecule has 7 nitrogen and oxygen atoms in total. The first kappa shape index (κ1) is 23.0. The molecule has 0 spiro atoms. The zero-order valence-corrected chi connectivity index (χ0v) is 19.8. The van der Waals surface area contributed by atoms with Gasteiger partial charge in [-0.3, -0.25) is 14.3 Å². The fourth-order valence-electron chi connectivity index (χ4n) is 2.85. The van der Waals surface area contributed by atoms with Crippen molar-refractivity contribution in [1.29, 1.82) is 0 Å². The van der Waals surface area contributed by atoms with Crippen LogP contribution in [0.15, 0.2) is 29.8 Å². The number of rotatable bonds is 5. The zero-order valence-electron chi connectivity index (χ0n) is 15.8. The van der Waals surface area contributed by atoms with E-state index >= 15 is 0 Å². The van der Waals surface area contributed by atoms with Crippen molar-refractivity contribution in [3.05, 3.63) is 40.4 Å². The van der Waals surface area contributed by atoms with Crippen LogP contribution in [0.2, 0.25) is 5.02 Å². The minimum atomic E-state index is -0.776. The Morgan fingerprint density at radius 2 is 2.10 bits per heavy atom. The van der Waals surface area contributed by atoms with Gasteiger partial charge in [-0.2, -0.15) is 0 Å². The second-order valence-electron chi connectivity index (χ2n) is 6.18. The van der Waals surface area contributed by atoms with Gasteiger partial charge < -0.3 is 9.64 Å².